The molecule has 0 amide bonds. The van der Waals surface area contributed by atoms with E-state index in [0.717, 1.165) is 35.4 Å². The molecular formula is C13H19BrN2OS. The molecule has 0 spiro atoms. The summed E-state index contributed by atoms with van der Waals surface area (Å²) in [5.74, 6) is 0.748. The lowest BCUT2D eigenvalue weighted by atomic mass is 10.2. The van der Waals surface area contributed by atoms with Crippen molar-refractivity contribution in [2.24, 2.45) is 5.73 Å². The highest BCUT2D eigenvalue weighted by molar-refractivity contribution is 9.10. The predicted molar refractivity (Wildman–Crippen MR) is 83.3 cm³/mol. The van der Waals surface area contributed by atoms with Crippen LogP contribution >= 0.6 is 28.1 Å². The van der Waals surface area contributed by atoms with Crippen LogP contribution in [0.3, 0.4) is 0 Å². The number of benzene rings is 1. The maximum absolute atomic E-state index is 5.76. The van der Waals surface area contributed by atoms with Crippen LogP contribution < -0.4 is 10.5 Å². The van der Waals surface area contributed by atoms with Crippen molar-refractivity contribution < 1.29 is 4.74 Å². The second-order valence-electron chi connectivity index (χ2n) is 3.88. The summed E-state index contributed by atoms with van der Waals surface area (Å²) in [4.78, 5) is 2.66. The van der Waals surface area contributed by atoms with E-state index in [9.17, 15) is 0 Å². The van der Waals surface area contributed by atoms with Gasteiger partial charge in [0.05, 0.1) is 5.56 Å². The lowest BCUT2D eigenvalue weighted by molar-refractivity contribution is 0.222. The molecule has 3 nitrogen and oxygen atoms in total. The standard InChI is InChI=1S/C13H19BrN2OS/c1-3-16(4-2)7-8-17-12-6-5-10(14)9-11(12)13(15)18/h5-6,9H,3-4,7-8H2,1-2H3,(H2,15,18). The molecule has 100 valence electrons. The van der Waals surface area contributed by atoms with Crippen LogP contribution in [-0.4, -0.2) is 36.1 Å². The third-order valence-corrected chi connectivity index (χ3v) is 3.48. The zero-order valence-electron chi connectivity index (χ0n) is 10.8. The molecule has 5 heteroatoms. The van der Waals surface area contributed by atoms with Gasteiger partial charge in [-0.2, -0.15) is 0 Å². The van der Waals surface area contributed by atoms with Gasteiger partial charge in [-0.15, -0.1) is 0 Å². The maximum atomic E-state index is 5.76. The summed E-state index contributed by atoms with van der Waals surface area (Å²) in [6.45, 7) is 7.89. The molecule has 0 aliphatic carbocycles. The van der Waals surface area contributed by atoms with E-state index in [-0.39, 0.29) is 0 Å². The quantitative estimate of drug-likeness (QED) is 0.780. The summed E-state index contributed by atoms with van der Waals surface area (Å²) >= 11 is 8.42. The molecule has 2 N–H and O–H groups in total. The monoisotopic (exact) mass is 330 g/mol. The topological polar surface area (TPSA) is 38.5 Å². The minimum Gasteiger partial charge on any atom is -0.492 e. The SMILES string of the molecule is CCN(CC)CCOc1ccc(Br)cc1C(N)=S. The van der Waals surface area contributed by atoms with Crippen LogP contribution in [0.5, 0.6) is 5.75 Å². The molecule has 0 bridgehead atoms. The maximum Gasteiger partial charge on any atom is 0.129 e. The predicted octanol–water partition coefficient (Wildman–Crippen LogP) is 2.80. The number of hydrogen-bond donors (Lipinski definition) is 1. The highest BCUT2D eigenvalue weighted by atomic mass is 79.9. The van der Waals surface area contributed by atoms with Gasteiger partial charge in [0.2, 0.25) is 0 Å². The second-order valence-corrected chi connectivity index (χ2v) is 5.24. The average molecular weight is 331 g/mol. The Balaban J connectivity index is 2.64. The van der Waals surface area contributed by atoms with Gasteiger partial charge >= 0.3 is 0 Å². The van der Waals surface area contributed by atoms with Crippen LogP contribution in [0.2, 0.25) is 0 Å². The first-order chi connectivity index (χ1) is 8.58. The molecular weight excluding hydrogens is 312 g/mol. The van der Waals surface area contributed by atoms with Crippen LogP contribution in [0.4, 0.5) is 0 Å². The summed E-state index contributed by atoms with van der Waals surface area (Å²) in [5.41, 5.74) is 6.46. The van der Waals surface area contributed by atoms with Gasteiger partial charge in [-0.1, -0.05) is 42.0 Å². The van der Waals surface area contributed by atoms with E-state index in [1.54, 1.807) is 0 Å². The minimum atomic E-state index is 0.356. The highest BCUT2D eigenvalue weighted by Crippen LogP contribution is 2.23. The van der Waals surface area contributed by atoms with E-state index in [4.69, 9.17) is 22.7 Å². The Morgan fingerprint density at radius 3 is 2.61 bits per heavy atom. The van der Waals surface area contributed by atoms with Crippen molar-refractivity contribution in [3.8, 4) is 5.75 Å². The number of likely N-dealkylation sites (N-methyl/N-ethyl adjacent to an activating group) is 1. The summed E-state index contributed by atoms with van der Waals surface area (Å²) < 4.78 is 6.70. The van der Waals surface area contributed by atoms with E-state index >= 15 is 0 Å². The number of rotatable bonds is 7. The smallest absolute Gasteiger partial charge is 0.129 e. The highest BCUT2D eigenvalue weighted by Gasteiger charge is 2.08. The van der Waals surface area contributed by atoms with Crippen molar-refractivity contribution >= 4 is 33.1 Å². The van der Waals surface area contributed by atoms with Gasteiger partial charge < -0.3 is 15.4 Å². The van der Waals surface area contributed by atoms with E-state index in [0.29, 0.717) is 11.6 Å². The third kappa shape index (κ3) is 4.55. The first-order valence-corrected chi connectivity index (χ1v) is 7.23. The van der Waals surface area contributed by atoms with Crippen LogP contribution in [-0.2, 0) is 0 Å². The molecule has 0 saturated carbocycles. The summed E-state index contributed by atoms with van der Waals surface area (Å²) in [7, 11) is 0. The molecule has 1 aromatic carbocycles. The first-order valence-electron chi connectivity index (χ1n) is 6.03. The van der Waals surface area contributed by atoms with E-state index < -0.39 is 0 Å². The molecule has 0 fully saturated rings. The fourth-order valence-corrected chi connectivity index (χ4v) is 2.17. The van der Waals surface area contributed by atoms with Gasteiger partial charge in [0.25, 0.3) is 0 Å². The fraction of sp³-hybridized carbons (Fsp3) is 0.462. The van der Waals surface area contributed by atoms with Crippen molar-refractivity contribution in [1.82, 2.24) is 4.90 Å². The van der Waals surface area contributed by atoms with Crippen molar-refractivity contribution in [1.29, 1.82) is 0 Å². The minimum absolute atomic E-state index is 0.356. The molecule has 1 aromatic rings. The number of halogens is 1. The average Bonchev–Trinajstić information content (AvgIpc) is 2.36. The molecule has 0 heterocycles. The zero-order chi connectivity index (χ0) is 13.5. The number of nitrogens with zero attached hydrogens (tertiary/aromatic N) is 1. The first kappa shape index (κ1) is 15.4. The van der Waals surface area contributed by atoms with E-state index in [1.165, 1.54) is 0 Å². The van der Waals surface area contributed by atoms with Crippen molar-refractivity contribution in [2.75, 3.05) is 26.2 Å². The van der Waals surface area contributed by atoms with Crippen LogP contribution in [0, 0.1) is 0 Å². The van der Waals surface area contributed by atoms with Gasteiger partial charge in [-0.3, -0.25) is 0 Å². The Hall–Kier alpha value is -0.650. The molecule has 0 aliphatic heterocycles. The third-order valence-electron chi connectivity index (χ3n) is 2.77. The van der Waals surface area contributed by atoms with Gasteiger partial charge in [-0.25, -0.2) is 0 Å². The summed E-state index contributed by atoms with van der Waals surface area (Å²) in [6, 6.07) is 5.70. The van der Waals surface area contributed by atoms with Crippen LogP contribution in [0.1, 0.15) is 19.4 Å². The molecule has 0 atom stereocenters. The van der Waals surface area contributed by atoms with Gasteiger partial charge in [0.1, 0.15) is 17.3 Å². The normalized spacial score (nSPS) is 10.7. The van der Waals surface area contributed by atoms with Crippen molar-refractivity contribution in [3.63, 3.8) is 0 Å². The molecule has 0 aliphatic rings. The Morgan fingerprint density at radius 1 is 1.39 bits per heavy atom. The largest absolute Gasteiger partial charge is 0.492 e. The van der Waals surface area contributed by atoms with E-state index in [1.807, 2.05) is 18.2 Å². The van der Waals surface area contributed by atoms with E-state index in [2.05, 4.69) is 34.7 Å². The van der Waals surface area contributed by atoms with Gasteiger partial charge in [-0.05, 0) is 31.3 Å². The van der Waals surface area contributed by atoms with Crippen molar-refractivity contribution in [3.05, 3.63) is 28.2 Å². The molecule has 0 aromatic heterocycles. The number of hydrogen-bond acceptors (Lipinski definition) is 3. The summed E-state index contributed by atoms with van der Waals surface area (Å²) in [5, 5.41) is 0. The molecule has 1 rings (SSSR count). The molecule has 18 heavy (non-hydrogen) atoms. The lowest BCUT2D eigenvalue weighted by Gasteiger charge is -2.18. The number of thiocarbonyl (C=S) groups is 1. The van der Waals surface area contributed by atoms with Gasteiger partial charge in [0.15, 0.2) is 0 Å². The number of nitrogens with two attached hydrogens (primary N) is 1. The lowest BCUT2D eigenvalue weighted by Crippen LogP contribution is -2.28. The van der Waals surface area contributed by atoms with Crippen LogP contribution in [0.25, 0.3) is 0 Å². The molecule has 0 radical (unpaired) electrons. The Labute approximate surface area is 122 Å². The molecule has 0 saturated heterocycles. The van der Waals surface area contributed by atoms with Gasteiger partial charge in [0, 0.05) is 11.0 Å². The van der Waals surface area contributed by atoms with Crippen molar-refractivity contribution in [2.45, 2.75) is 13.8 Å². The Bertz CT molecular complexity index is 408. The van der Waals surface area contributed by atoms with Crippen LogP contribution in [0.15, 0.2) is 22.7 Å². The molecule has 0 unspecified atom stereocenters. The number of ether oxygens (including phenoxy) is 1. The summed E-state index contributed by atoms with van der Waals surface area (Å²) in [6.07, 6.45) is 0. The fourth-order valence-electron chi connectivity index (χ4n) is 1.65. The second kappa shape index (κ2) is 7.71. The Kier molecular flexibility index (Phi) is 6.60. The zero-order valence-corrected chi connectivity index (χ0v) is 13.2. The Morgan fingerprint density at radius 2 is 2.06 bits per heavy atom.